The number of rotatable bonds is 10. The van der Waals surface area contributed by atoms with E-state index >= 15 is 0 Å². The largest absolute Gasteiger partial charge is 0.490 e. The first kappa shape index (κ1) is 28.0. The van der Waals surface area contributed by atoms with Crippen LogP contribution in [-0.2, 0) is 13.0 Å². The molecule has 0 saturated heterocycles. The van der Waals surface area contributed by atoms with Crippen LogP contribution in [0.15, 0.2) is 112 Å². The van der Waals surface area contributed by atoms with E-state index in [-0.39, 0.29) is 12.4 Å². The normalized spacial score (nSPS) is 12.3. The van der Waals surface area contributed by atoms with Gasteiger partial charge in [-0.25, -0.2) is 4.98 Å². The van der Waals surface area contributed by atoms with Crippen LogP contribution in [0.25, 0.3) is 33.5 Å². The first-order valence-electron chi connectivity index (χ1n) is 14.6. The average molecular weight is 600 g/mol. The van der Waals surface area contributed by atoms with Gasteiger partial charge in [-0.2, -0.15) is 9.78 Å². The SMILES string of the molecule is C=CCc1cc(C=Nn2c(-c3cc4ccccc4o3)nc3ccccc3c2=O)cc(OCC)c1OCc1ccc2c(c1)OCO2. The molecule has 9 nitrogen and oxygen atoms in total. The Balaban J connectivity index is 1.28. The minimum atomic E-state index is -0.313. The highest BCUT2D eigenvalue weighted by Gasteiger charge is 2.18. The van der Waals surface area contributed by atoms with Gasteiger partial charge in [-0.1, -0.05) is 42.5 Å². The molecular weight excluding hydrogens is 570 g/mol. The van der Waals surface area contributed by atoms with Crippen molar-refractivity contribution in [3.05, 3.63) is 125 Å². The van der Waals surface area contributed by atoms with Crippen molar-refractivity contribution in [3.8, 4) is 34.6 Å². The quantitative estimate of drug-likeness (QED) is 0.122. The topological polar surface area (TPSA) is 97.3 Å². The van der Waals surface area contributed by atoms with E-state index in [1.807, 2.05) is 73.7 Å². The lowest BCUT2D eigenvalue weighted by Crippen LogP contribution is -2.20. The zero-order chi connectivity index (χ0) is 30.8. The number of hydrogen-bond donors (Lipinski definition) is 0. The van der Waals surface area contributed by atoms with Crippen molar-refractivity contribution >= 4 is 28.1 Å². The molecule has 3 heterocycles. The molecule has 6 aromatic rings. The molecule has 45 heavy (non-hydrogen) atoms. The molecule has 9 heteroatoms. The Hall–Kier alpha value is -5.83. The Morgan fingerprint density at radius 3 is 2.69 bits per heavy atom. The number of allylic oxidation sites excluding steroid dienone is 1. The Kier molecular flexibility index (Phi) is 7.49. The summed E-state index contributed by atoms with van der Waals surface area (Å²) in [5.74, 6) is 3.31. The summed E-state index contributed by atoms with van der Waals surface area (Å²) in [6.45, 7) is 6.78. The van der Waals surface area contributed by atoms with Gasteiger partial charge in [0.25, 0.3) is 5.56 Å². The van der Waals surface area contributed by atoms with Crippen LogP contribution in [-0.4, -0.2) is 29.3 Å². The Morgan fingerprint density at radius 1 is 0.978 bits per heavy atom. The summed E-state index contributed by atoms with van der Waals surface area (Å²) < 4.78 is 30.7. The predicted molar refractivity (Wildman–Crippen MR) is 173 cm³/mol. The summed E-state index contributed by atoms with van der Waals surface area (Å²) in [6, 6.07) is 26.2. The molecule has 0 fully saturated rings. The Morgan fingerprint density at radius 2 is 1.82 bits per heavy atom. The molecule has 0 aliphatic carbocycles. The first-order chi connectivity index (χ1) is 22.1. The van der Waals surface area contributed by atoms with Crippen LogP contribution >= 0.6 is 0 Å². The summed E-state index contributed by atoms with van der Waals surface area (Å²) in [5.41, 5.74) is 3.43. The zero-order valence-electron chi connectivity index (χ0n) is 24.6. The van der Waals surface area contributed by atoms with Gasteiger partial charge in [0, 0.05) is 10.9 Å². The smallest absolute Gasteiger partial charge is 0.282 e. The molecular formula is C36H29N3O6. The van der Waals surface area contributed by atoms with E-state index in [1.165, 1.54) is 4.68 Å². The van der Waals surface area contributed by atoms with E-state index in [0.29, 0.717) is 76.3 Å². The van der Waals surface area contributed by atoms with Crippen LogP contribution in [0.5, 0.6) is 23.0 Å². The number of para-hydroxylation sites is 2. The minimum Gasteiger partial charge on any atom is -0.490 e. The van der Waals surface area contributed by atoms with E-state index in [9.17, 15) is 4.79 Å². The average Bonchev–Trinajstić information content (AvgIpc) is 3.71. The van der Waals surface area contributed by atoms with Gasteiger partial charge in [0.1, 0.15) is 12.2 Å². The number of ether oxygens (including phenoxy) is 4. The monoisotopic (exact) mass is 599 g/mol. The lowest BCUT2D eigenvalue weighted by Gasteiger charge is -2.17. The molecule has 0 N–H and O–H groups in total. The maximum atomic E-state index is 13.7. The first-order valence-corrected chi connectivity index (χ1v) is 14.6. The zero-order valence-corrected chi connectivity index (χ0v) is 24.6. The molecule has 0 unspecified atom stereocenters. The van der Waals surface area contributed by atoms with E-state index in [1.54, 1.807) is 30.5 Å². The number of benzene rings is 4. The molecule has 1 aliphatic heterocycles. The highest BCUT2D eigenvalue weighted by Crippen LogP contribution is 2.36. The summed E-state index contributed by atoms with van der Waals surface area (Å²) >= 11 is 0. The fourth-order valence-electron chi connectivity index (χ4n) is 5.28. The third-order valence-corrected chi connectivity index (χ3v) is 7.36. The summed E-state index contributed by atoms with van der Waals surface area (Å²) in [6.07, 6.45) is 3.94. The second kappa shape index (κ2) is 12.0. The van der Waals surface area contributed by atoms with Crippen LogP contribution in [0.2, 0.25) is 0 Å². The molecule has 7 rings (SSSR count). The van der Waals surface area contributed by atoms with Gasteiger partial charge in [0.15, 0.2) is 28.8 Å². The van der Waals surface area contributed by atoms with Gasteiger partial charge in [-0.3, -0.25) is 4.79 Å². The van der Waals surface area contributed by atoms with Crippen molar-refractivity contribution < 1.29 is 23.4 Å². The molecule has 0 radical (unpaired) electrons. The van der Waals surface area contributed by atoms with Crippen LogP contribution < -0.4 is 24.5 Å². The molecule has 0 spiro atoms. The van der Waals surface area contributed by atoms with Gasteiger partial charge in [-0.15, -0.1) is 6.58 Å². The molecule has 0 atom stereocenters. The number of hydrogen-bond acceptors (Lipinski definition) is 8. The summed E-state index contributed by atoms with van der Waals surface area (Å²) in [7, 11) is 0. The second-order valence-electron chi connectivity index (χ2n) is 10.4. The van der Waals surface area contributed by atoms with Crippen LogP contribution in [0.4, 0.5) is 0 Å². The molecule has 0 amide bonds. The molecule has 1 aliphatic rings. The summed E-state index contributed by atoms with van der Waals surface area (Å²) in [5, 5.41) is 5.99. The fraction of sp³-hybridized carbons (Fsp3) is 0.139. The molecule has 0 bridgehead atoms. The number of aromatic nitrogens is 2. The van der Waals surface area contributed by atoms with Crippen molar-refractivity contribution in [2.24, 2.45) is 5.10 Å². The third kappa shape index (κ3) is 5.51. The van der Waals surface area contributed by atoms with Crippen LogP contribution in [0.3, 0.4) is 0 Å². The Labute approximate surface area is 258 Å². The molecule has 0 saturated carbocycles. The van der Waals surface area contributed by atoms with E-state index in [0.717, 1.165) is 16.5 Å². The van der Waals surface area contributed by atoms with Crippen molar-refractivity contribution in [2.75, 3.05) is 13.4 Å². The predicted octanol–water partition coefficient (Wildman–Crippen LogP) is 7.13. The van der Waals surface area contributed by atoms with Gasteiger partial charge in [0.05, 0.1) is 23.7 Å². The molecule has 224 valence electrons. The van der Waals surface area contributed by atoms with Crippen molar-refractivity contribution in [1.82, 2.24) is 9.66 Å². The van der Waals surface area contributed by atoms with Crippen molar-refractivity contribution in [3.63, 3.8) is 0 Å². The van der Waals surface area contributed by atoms with E-state index < -0.39 is 0 Å². The van der Waals surface area contributed by atoms with Gasteiger partial charge in [-0.05, 0) is 73.0 Å². The second-order valence-corrected chi connectivity index (χ2v) is 10.4. The lowest BCUT2D eigenvalue weighted by atomic mass is 10.1. The lowest BCUT2D eigenvalue weighted by molar-refractivity contribution is 0.174. The number of nitrogens with zero attached hydrogens (tertiary/aromatic N) is 3. The van der Waals surface area contributed by atoms with E-state index in [4.69, 9.17) is 28.3 Å². The minimum absolute atomic E-state index is 0.210. The highest BCUT2D eigenvalue weighted by atomic mass is 16.7. The van der Waals surface area contributed by atoms with Gasteiger partial charge < -0.3 is 23.4 Å². The van der Waals surface area contributed by atoms with Crippen molar-refractivity contribution in [1.29, 1.82) is 0 Å². The number of furan rings is 1. The van der Waals surface area contributed by atoms with Gasteiger partial charge >= 0.3 is 0 Å². The van der Waals surface area contributed by atoms with Crippen LogP contribution in [0.1, 0.15) is 23.6 Å². The third-order valence-electron chi connectivity index (χ3n) is 7.36. The molecule has 2 aromatic heterocycles. The molecule has 4 aromatic carbocycles. The van der Waals surface area contributed by atoms with Crippen LogP contribution in [0, 0.1) is 0 Å². The number of fused-ring (bicyclic) bond motifs is 3. The standard InChI is InChI=1S/C36H29N3O6/c1-3-9-26-16-24(18-32(41-4-2)34(26)42-21-23-14-15-30-31(17-23)44-22-43-30)20-37-39-35(33-19-25-10-5-8-13-29(25)45-33)38-28-12-7-6-11-27(28)36(39)40/h3,5-8,10-20H,1,4,9,21-22H2,2H3. The fourth-order valence-corrected chi connectivity index (χ4v) is 5.28. The van der Waals surface area contributed by atoms with E-state index in [2.05, 4.69) is 11.7 Å². The Bertz CT molecular complexity index is 2110. The highest BCUT2D eigenvalue weighted by molar-refractivity contribution is 5.85. The van der Waals surface area contributed by atoms with Gasteiger partial charge in [0.2, 0.25) is 12.6 Å². The maximum absolute atomic E-state index is 13.7. The van der Waals surface area contributed by atoms with Crippen molar-refractivity contribution in [2.45, 2.75) is 20.0 Å². The maximum Gasteiger partial charge on any atom is 0.282 e. The summed E-state index contributed by atoms with van der Waals surface area (Å²) in [4.78, 5) is 18.5.